The van der Waals surface area contributed by atoms with Crippen LogP contribution >= 0.6 is 0 Å². The van der Waals surface area contributed by atoms with Crippen LogP contribution in [-0.4, -0.2) is 36.6 Å². The third kappa shape index (κ3) is 7.85. The molecule has 2 N–H and O–H groups in total. The van der Waals surface area contributed by atoms with Crippen molar-refractivity contribution in [3.05, 3.63) is 0 Å². The molecule has 0 aromatic carbocycles. The number of alkyl halides is 6. The summed E-state index contributed by atoms with van der Waals surface area (Å²) >= 11 is 0. The second-order valence-corrected chi connectivity index (χ2v) is 2.41. The third-order valence-electron chi connectivity index (χ3n) is 0.943. The normalized spacial score (nSPS) is 12.5. The standard InChI is InChI=1S/C5H6F6N2O2/c6-4(7,8)1-13(12)3(14)15-2-5(9,10)11/h1-2,12H2. The van der Waals surface area contributed by atoms with Crippen molar-refractivity contribution in [3.8, 4) is 0 Å². The van der Waals surface area contributed by atoms with Gasteiger partial charge >= 0.3 is 18.4 Å². The molecule has 0 aliphatic heterocycles. The molecule has 0 fully saturated rings. The molecule has 0 heterocycles. The van der Waals surface area contributed by atoms with Gasteiger partial charge in [-0.1, -0.05) is 0 Å². The molecule has 0 aromatic rings. The molecule has 90 valence electrons. The topological polar surface area (TPSA) is 55.6 Å². The van der Waals surface area contributed by atoms with E-state index in [4.69, 9.17) is 0 Å². The number of carbonyl (C=O) groups excluding carboxylic acids is 1. The smallest absolute Gasteiger partial charge is 0.424 e. The number of nitrogens with zero attached hydrogens (tertiary/aromatic N) is 1. The molecular formula is C5H6F6N2O2. The van der Waals surface area contributed by atoms with Gasteiger partial charge in [-0.3, -0.25) is 0 Å². The fourth-order valence-electron chi connectivity index (χ4n) is 0.484. The van der Waals surface area contributed by atoms with Crippen LogP contribution in [0, 0.1) is 0 Å². The molecule has 0 bridgehead atoms. The van der Waals surface area contributed by atoms with Gasteiger partial charge in [0, 0.05) is 0 Å². The van der Waals surface area contributed by atoms with Crippen molar-refractivity contribution in [1.29, 1.82) is 0 Å². The number of halogens is 6. The van der Waals surface area contributed by atoms with Gasteiger partial charge in [0.25, 0.3) is 0 Å². The van der Waals surface area contributed by atoms with E-state index in [0.29, 0.717) is 0 Å². The first-order chi connectivity index (χ1) is 6.51. The molecule has 0 rings (SSSR count). The molecule has 0 radical (unpaired) electrons. The molecule has 1 amide bonds. The summed E-state index contributed by atoms with van der Waals surface area (Å²) in [6, 6.07) is 0. The van der Waals surface area contributed by atoms with E-state index in [0.717, 1.165) is 0 Å². The summed E-state index contributed by atoms with van der Waals surface area (Å²) in [7, 11) is 0. The fraction of sp³-hybridized carbons (Fsp3) is 0.800. The van der Waals surface area contributed by atoms with Gasteiger partial charge in [0.15, 0.2) is 6.61 Å². The first-order valence-electron chi connectivity index (χ1n) is 3.34. The first kappa shape index (κ1) is 13.8. The van der Waals surface area contributed by atoms with Crippen molar-refractivity contribution < 1.29 is 35.9 Å². The summed E-state index contributed by atoms with van der Waals surface area (Å²) < 4.78 is 72.6. The molecule has 0 aliphatic rings. The van der Waals surface area contributed by atoms with E-state index in [1.165, 1.54) is 0 Å². The molecule has 0 saturated heterocycles. The Morgan fingerprint density at radius 2 is 1.60 bits per heavy atom. The summed E-state index contributed by atoms with van der Waals surface area (Å²) in [5.74, 6) is 4.50. The highest BCUT2D eigenvalue weighted by atomic mass is 19.4. The Hall–Kier alpha value is -1.19. The van der Waals surface area contributed by atoms with Gasteiger partial charge in [-0.25, -0.2) is 15.6 Å². The molecule has 4 nitrogen and oxygen atoms in total. The summed E-state index contributed by atoms with van der Waals surface area (Å²) in [5, 5.41) is -0.494. The van der Waals surface area contributed by atoms with Gasteiger partial charge in [-0.15, -0.1) is 0 Å². The lowest BCUT2D eigenvalue weighted by atomic mass is 10.6. The highest BCUT2D eigenvalue weighted by molar-refractivity contribution is 5.66. The average Bonchev–Trinajstić information content (AvgIpc) is 1.95. The van der Waals surface area contributed by atoms with Gasteiger partial charge in [0.1, 0.15) is 6.54 Å². The summed E-state index contributed by atoms with van der Waals surface area (Å²) in [5.41, 5.74) is 0. The van der Waals surface area contributed by atoms with Crippen molar-refractivity contribution in [2.75, 3.05) is 13.2 Å². The Bertz CT molecular complexity index is 225. The van der Waals surface area contributed by atoms with Crippen LogP contribution in [0.2, 0.25) is 0 Å². The van der Waals surface area contributed by atoms with Crippen molar-refractivity contribution in [2.24, 2.45) is 5.84 Å². The minimum atomic E-state index is -4.81. The van der Waals surface area contributed by atoms with Crippen molar-refractivity contribution in [1.82, 2.24) is 5.01 Å². The maximum atomic E-state index is 11.6. The maximum Gasteiger partial charge on any atom is 0.424 e. The lowest BCUT2D eigenvalue weighted by molar-refractivity contribution is -0.167. The predicted molar refractivity (Wildman–Crippen MR) is 34.4 cm³/mol. The summed E-state index contributed by atoms with van der Waals surface area (Å²) in [6.45, 7) is -3.87. The molecule has 0 aromatic heterocycles. The summed E-state index contributed by atoms with van der Waals surface area (Å²) in [4.78, 5) is 10.4. The Balaban J connectivity index is 4.01. The van der Waals surface area contributed by atoms with Gasteiger partial charge in [0.05, 0.1) is 0 Å². The zero-order valence-corrected chi connectivity index (χ0v) is 7.02. The highest BCUT2D eigenvalue weighted by Crippen LogP contribution is 2.17. The quantitative estimate of drug-likeness (QED) is 0.343. The van der Waals surface area contributed by atoms with E-state index < -0.39 is 36.6 Å². The molecule has 0 spiro atoms. The molecule has 0 aliphatic carbocycles. The largest absolute Gasteiger partial charge is 0.439 e. The molecule has 0 atom stereocenters. The Morgan fingerprint density at radius 3 is 1.93 bits per heavy atom. The Kier molecular flexibility index (Phi) is 4.19. The Labute approximate surface area is 79.5 Å². The number of ether oxygens (including phenoxy) is 1. The zero-order chi connectivity index (χ0) is 12.3. The second-order valence-electron chi connectivity index (χ2n) is 2.41. The van der Waals surface area contributed by atoms with Crippen LogP contribution in [0.3, 0.4) is 0 Å². The van der Waals surface area contributed by atoms with E-state index in [9.17, 15) is 31.1 Å². The third-order valence-corrected chi connectivity index (χ3v) is 0.943. The average molecular weight is 240 g/mol. The lowest BCUT2D eigenvalue weighted by Gasteiger charge is -2.18. The summed E-state index contributed by atoms with van der Waals surface area (Å²) in [6.07, 6.45) is -11.5. The zero-order valence-electron chi connectivity index (χ0n) is 7.02. The van der Waals surface area contributed by atoms with Gasteiger partial charge in [0.2, 0.25) is 0 Å². The number of nitrogens with two attached hydrogens (primary N) is 1. The fourth-order valence-corrected chi connectivity index (χ4v) is 0.484. The monoisotopic (exact) mass is 240 g/mol. The number of hydrazine groups is 1. The number of hydrogen-bond acceptors (Lipinski definition) is 3. The molecule has 0 saturated carbocycles. The van der Waals surface area contributed by atoms with Crippen LogP contribution < -0.4 is 5.84 Å². The molecular weight excluding hydrogens is 234 g/mol. The Morgan fingerprint density at radius 1 is 1.13 bits per heavy atom. The minimum absolute atomic E-state index is 0.494. The van der Waals surface area contributed by atoms with Crippen LogP contribution in [0.4, 0.5) is 31.1 Å². The molecule has 10 heteroatoms. The van der Waals surface area contributed by atoms with E-state index in [2.05, 4.69) is 10.6 Å². The predicted octanol–water partition coefficient (Wildman–Crippen LogP) is 1.42. The number of amides is 1. The van der Waals surface area contributed by atoms with Gasteiger partial charge < -0.3 is 4.74 Å². The van der Waals surface area contributed by atoms with Gasteiger partial charge in [-0.2, -0.15) is 26.3 Å². The number of rotatable bonds is 2. The lowest BCUT2D eigenvalue weighted by Crippen LogP contribution is -2.44. The van der Waals surface area contributed by atoms with Crippen LogP contribution in [0.25, 0.3) is 0 Å². The van der Waals surface area contributed by atoms with Crippen molar-refractivity contribution >= 4 is 6.09 Å². The SMILES string of the molecule is NN(CC(F)(F)F)C(=O)OCC(F)(F)F. The molecule has 0 unspecified atom stereocenters. The number of hydrogen-bond donors (Lipinski definition) is 1. The highest BCUT2D eigenvalue weighted by Gasteiger charge is 2.34. The van der Waals surface area contributed by atoms with E-state index in [1.807, 2.05) is 0 Å². The number of carbonyl (C=O) groups is 1. The van der Waals surface area contributed by atoms with Crippen molar-refractivity contribution in [3.63, 3.8) is 0 Å². The van der Waals surface area contributed by atoms with E-state index >= 15 is 0 Å². The van der Waals surface area contributed by atoms with Crippen LogP contribution in [0.5, 0.6) is 0 Å². The van der Waals surface area contributed by atoms with Crippen LogP contribution in [0.15, 0.2) is 0 Å². The minimum Gasteiger partial charge on any atom is -0.439 e. The van der Waals surface area contributed by atoms with Crippen molar-refractivity contribution in [2.45, 2.75) is 12.4 Å². The maximum absolute atomic E-state index is 11.6. The van der Waals surface area contributed by atoms with E-state index in [1.54, 1.807) is 0 Å². The van der Waals surface area contributed by atoms with Gasteiger partial charge in [-0.05, 0) is 0 Å². The first-order valence-corrected chi connectivity index (χ1v) is 3.34. The van der Waals surface area contributed by atoms with E-state index in [-0.39, 0.29) is 0 Å². The second kappa shape index (κ2) is 4.55. The van der Waals surface area contributed by atoms with Crippen LogP contribution in [0.1, 0.15) is 0 Å². The molecule has 15 heavy (non-hydrogen) atoms. The van der Waals surface area contributed by atoms with Crippen LogP contribution in [-0.2, 0) is 4.74 Å².